The number of carbonyl (C=O) groups excluding carboxylic acids is 1. The van der Waals surface area contributed by atoms with Gasteiger partial charge in [-0.25, -0.2) is 10.3 Å². The molecule has 6 heteroatoms. The molecule has 0 aromatic heterocycles. The quantitative estimate of drug-likeness (QED) is 0.588. The molecule has 1 fully saturated rings. The van der Waals surface area contributed by atoms with E-state index in [1.165, 1.54) is 0 Å². The van der Waals surface area contributed by atoms with Crippen molar-refractivity contribution in [3.8, 4) is 0 Å². The lowest BCUT2D eigenvalue weighted by Crippen LogP contribution is -2.44. The van der Waals surface area contributed by atoms with E-state index < -0.39 is 5.60 Å². The highest BCUT2D eigenvalue weighted by molar-refractivity contribution is 5.69. The van der Waals surface area contributed by atoms with Crippen molar-refractivity contribution < 1.29 is 19.1 Å². The van der Waals surface area contributed by atoms with Crippen LogP contribution in [0.5, 0.6) is 0 Å². The number of hydrogen-bond acceptors (Lipinski definition) is 5. The van der Waals surface area contributed by atoms with Gasteiger partial charge in [-0.15, -0.1) is 0 Å². The number of nitrogens with zero attached hydrogens (tertiary/aromatic N) is 1. The van der Waals surface area contributed by atoms with Crippen molar-refractivity contribution in [2.75, 3.05) is 33.4 Å². The molecular formula is C13H26N2O4. The van der Waals surface area contributed by atoms with Crippen molar-refractivity contribution in [1.29, 1.82) is 0 Å². The monoisotopic (exact) mass is 274 g/mol. The summed E-state index contributed by atoms with van der Waals surface area (Å²) in [5.41, 5.74) is 2.43. The van der Waals surface area contributed by atoms with Crippen LogP contribution in [0.15, 0.2) is 0 Å². The highest BCUT2D eigenvalue weighted by Crippen LogP contribution is 2.20. The van der Waals surface area contributed by atoms with Gasteiger partial charge in [0.15, 0.2) is 0 Å². The molecule has 0 bridgehead atoms. The van der Waals surface area contributed by atoms with Gasteiger partial charge in [0.25, 0.3) is 0 Å². The van der Waals surface area contributed by atoms with E-state index in [-0.39, 0.29) is 12.1 Å². The number of nitrogens with one attached hydrogen (secondary N) is 1. The fourth-order valence-corrected chi connectivity index (χ4v) is 1.96. The predicted molar refractivity (Wildman–Crippen MR) is 71.8 cm³/mol. The summed E-state index contributed by atoms with van der Waals surface area (Å²) < 4.78 is 10.3. The lowest BCUT2D eigenvalue weighted by atomic mass is 10.2. The molecule has 1 N–H and O–H groups in total. The van der Waals surface area contributed by atoms with Gasteiger partial charge in [0.1, 0.15) is 5.60 Å². The number of ether oxygens (including phenoxy) is 2. The van der Waals surface area contributed by atoms with Gasteiger partial charge in [-0.05, 0) is 33.6 Å². The van der Waals surface area contributed by atoms with Gasteiger partial charge in [-0.3, -0.25) is 4.84 Å². The average Bonchev–Trinajstić information content (AvgIpc) is 2.75. The van der Waals surface area contributed by atoms with Gasteiger partial charge in [0.05, 0.1) is 13.2 Å². The molecular weight excluding hydrogens is 248 g/mol. The van der Waals surface area contributed by atoms with E-state index >= 15 is 0 Å². The first kappa shape index (κ1) is 16.2. The number of rotatable bonds is 6. The highest BCUT2D eigenvalue weighted by atomic mass is 16.7. The normalized spacial score (nSPS) is 19.8. The van der Waals surface area contributed by atoms with Gasteiger partial charge in [0, 0.05) is 26.2 Å². The lowest BCUT2D eigenvalue weighted by molar-refractivity contribution is -0.00816. The molecule has 1 aliphatic rings. The van der Waals surface area contributed by atoms with E-state index in [0.29, 0.717) is 19.8 Å². The molecule has 1 saturated heterocycles. The van der Waals surface area contributed by atoms with Gasteiger partial charge in [-0.1, -0.05) is 0 Å². The Labute approximate surface area is 115 Å². The van der Waals surface area contributed by atoms with E-state index in [0.717, 1.165) is 19.4 Å². The van der Waals surface area contributed by atoms with Crippen LogP contribution >= 0.6 is 0 Å². The van der Waals surface area contributed by atoms with Crippen LogP contribution in [0, 0.1) is 0 Å². The molecule has 6 nitrogen and oxygen atoms in total. The number of hydrogen-bond donors (Lipinski definition) is 1. The van der Waals surface area contributed by atoms with E-state index in [4.69, 9.17) is 14.3 Å². The van der Waals surface area contributed by atoms with E-state index in [1.54, 1.807) is 12.0 Å². The Kier molecular flexibility index (Phi) is 6.54. The summed E-state index contributed by atoms with van der Waals surface area (Å²) in [5, 5.41) is 0. The first-order chi connectivity index (χ1) is 8.94. The molecule has 112 valence electrons. The number of methoxy groups -OCH3 is 1. The van der Waals surface area contributed by atoms with Crippen molar-refractivity contribution in [3.63, 3.8) is 0 Å². The number of likely N-dealkylation sites (tertiary alicyclic amines) is 1. The van der Waals surface area contributed by atoms with Crippen molar-refractivity contribution >= 4 is 6.09 Å². The zero-order valence-electron chi connectivity index (χ0n) is 12.4. The second-order valence-corrected chi connectivity index (χ2v) is 5.66. The van der Waals surface area contributed by atoms with Gasteiger partial charge < -0.3 is 14.4 Å². The van der Waals surface area contributed by atoms with Crippen LogP contribution in [0.2, 0.25) is 0 Å². The van der Waals surface area contributed by atoms with Crippen LogP contribution in [-0.4, -0.2) is 56.0 Å². The summed E-state index contributed by atoms with van der Waals surface area (Å²) in [4.78, 5) is 19.0. The summed E-state index contributed by atoms with van der Waals surface area (Å²) in [7, 11) is 1.63. The van der Waals surface area contributed by atoms with Crippen molar-refractivity contribution in [2.24, 2.45) is 0 Å². The standard InChI is InChI=1S/C13H26N2O4/c1-13(2,3)19-12(16)15-7-5-6-11(15)10-14-18-9-8-17-4/h11,14H,5-10H2,1-4H3. The molecule has 1 unspecified atom stereocenters. The molecule has 1 atom stereocenters. The Bertz CT molecular complexity index is 278. The summed E-state index contributed by atoms with van der Waals surface area (Å²) in [5.74, 6) is 0. The Hall–Kier alpha value is -0.850. The van der Waals surface area contributed by atoms with Crippen LogP contribution in [-0.2, 0) is 14.3 Å². The predicted octanol–water partition coefficient (Wildman–Crippen LogP) is 1.55. The van der Waals surface area contributed by atoms with Crippen molar-refractivity contribution in [1.82, 2.24) is 10.4 Å². The molecule has 1 amide bonds. The zero-order valence-corrected chi connectivity index (χ0v) is 12.4. The smallest absolute Gasteiger partial charge is 0.410 e. The minimum atomic E-state index is -0.452. The SMILES string of the molecule is COCCONCC1CCCN1C(=O)OC(C)(C)C. The van der Waals surface area contributed by atoms with E-state index in [1.807, 2.05) is 20.8 Å². The van der Waals surface area contributed by atoms with Crippen LogP contribution in [0.1, 0.15) is 33.6 Å². The molecule has 0 spiro atoms. The number of hydroxylamine groups is 1. The maximum atomic E-state index is 12.0. The van der Waals surface area contributed by atoms with Crippen LogP contribution in [0.4, 0.5) is 4.79 Å². The topological polar surface area (TPSA) is 60.0 Å². The van der Waals surface area contributed by atoms with Crippen LogP contribution in [0.25, 0.3) is 0 Å². The average molecular weight is 274 g/mol. The van der Waals surface area contributed by atoms with Crippen molar-refractivity contribution in [3.05, 3.63) is 0 Å². The van der Waals surface area contributed by atoms with E-state index in [2.05, 4.69) is 5.48 Å². The first-order valence-corrected chi connectivity index (χ1v) is 6.77. The van der Waals surface area contributed by atoms with Gasteiger partial charge in [0.2, 0.25) is 0 Å². The molecule has 0 radical (unpaired) electrons. The summed E-state index contributed by atoms with van der Waals surface area (Å²) >= 11 is 0. The third kappa shape index (κ3) is 6.22. The molecule has 19 heavy (non-hydrogen) atoms. The third-order valence-electron chi connectivity index (χ3n) is 2.82. The number of amides is 1. The summed E-state index contributed by atoms with van der Waals surface area (Å²) in [6, 6.07) is 0.136. The van der Waals surface area contributed by atoms with Gasteiger partial charge in [-0.2, -0.15) is 0 Å². The molecule has 0 saturated carbocycles. The zero-order chi connectivity index (χ0) is 14.3. The Balaban J connectivity index is 2.31. The fourth-order valence-electron chi connectivity index (χ4n) is 1.96. The second-order valence-electron chi connectivity index (χ2n) is 5.66. The molecule has 1 heterocycles. The van der Waals surface area contributed by atoms with E-state index in [9.17, 15) is 4.79 Å². The maximum Gasteiger partial charge on any atom is 0.410 e. The van der Waals surface area contributed by atoms with Crippen LogP contribution in [0.3, 0.4) is 0 Å². The molecule has 0 aliphatic carbocycles. The van der Waals surface area contributed by atoms with Crippen LogP contribution < -0.4 is 5.48 Å². The molecule has 0 aromatic carbocycles. The van der Waals surface area contributed by atoms with Crippen molar-refractivity contribution in [2.45, 2.75) is 45.3 Å². The number of carbonyl (C=O) groups is 1. The third-order valence-corrected chi connectivity index (χ3v) is 2.82. The minimum Gasteiger partial charge on any atom is -0.444 e. The largest absolute Gasteiger partial charge is 0.444 e. The maximum absolute atomic E-state index is 12.0. The molecule has 0 aromatic rings. The molecule has 1 rings (SSSR count). The molecule has 1 aliphatic heterocycles. The fraction of sp³-hybridized carbons (Fsp3) is 0.923. The summed E-state index contributed by atoms with van der Waals surface area (Å²) in [6.45, 7) is 8.04. The minimum absolute atomic E-state index is 0.136. The second kappa shape index (κ2) is 7.67. The highest BCUT2D eigenvalue weighted by Gasteiger charge is 2.31. The Morgan fingerprint density at radius 1 is 1.37 bits per heavy atom. The first-order valence-electron chi connectivity index (χ1n) is 6.77. The lowest BCUT2D eigenvalue weighted by Gasteiger charge is -2.28. The Morgan fingerprint density at radius 3 is 2.74 bits per heavy atom. The van der Waals surface area contributed by atoms with Gasteiger partial charge >= 0.3 is 6.09 Å². The Morgan fingerprint density at radius 2 is 2.11 bits per heavy atom. The summed E-state index contributed by atoms with van der Waals surface area (Å²) in [6.07, 6.45) is 1.73.